The highest BCUT2D eigenvalue weighted by Gasteiger charge is 2.33. The van der Waals surface area contributed by atoms with Crippen LogP contribution in [0, 0.1) is 5.82 Å². The molecule has 0 spiro atoms. The summed E-state index contributed by atoms with van der Waals surface area (Å²) >= 11 is 1.47. The number of morpholine rings is 1. The van der Waals surface area contributed by atoms with Crippen LogP contribution in [0.4, 0.5) is 4.39 Å². The van der Waals surface area contributed by atoms with Crippen LogP contribution in [0.2, 0.25) is 0 Å². The van der Waals surface area contributed by atoms with Crippen molar-refractivity contribution in [2.24, 2.45) is 0 Å². The lowest BCUT2D eigenvalue weighted by Gasteiger charge is -2.29. The van der Waals surface area contributed by atoms with E-state index in [4.69, 9.17) is 4.74 Å². The van der Waals surface area contributed by atoms with Gasteiger partial charge in [0.2, 0.25) is 11.8 Å². The molecule has 2 aliphatic rings. The Morgan fingerprint density at radius 1 is 1.35 bits per heavy atom. The Hall–Kier alpha value is -1.60. The van der Waals surface area contributed by atoms with Crippen molar-refractivity contribution >= 4 is 23.6 Å². The van der Waals surface area contributed by atoms with E-state index < -0.39 is 0 Å². The van der Waals surface area contributed by atoms with E-state index in [-0.39, 0.29) is 29.4 Å². The van der Waals surface area contributed by atoms with E-state index in [1.165, 1.54) is 23.9 Å². The number of benzene rings is 1. The smallest absolute Gasteiger partial charge is 0.233 e. The largest absolute Gasteiger partial charge is 0.378 e. The molecule has 5 nitrogen and oxygen atoms in total. The van der Waals surface area contributed by atoms with Crippen molar-refractivity contribution in [2.45, 2.75) is 11.8 Å². The van der Waals surface area contributed by atoms with E-state index in [0.29, 0.717) is 38.6 Å². The van der Waals surface area contributed by atoms with Gasteiger partial charge in [-0.3, -0.25) is 9.59 Å². The Labute approximate surface area is 138 Å². The Balaban J connectivity index is 1.62. The lowest BCUT2D eigenvalue weighted by molar-refractivity contribution is -0.136. The van der Waals surface area contributed by atoms with Gasteiger partial charge in [-0.15, -0.1) is 11.8 Å². The van der Waals surface area contributed by atoms with Crippen LogP contribution in [0.5, 0.6) is 0 Å². The number of rotatable bonds is 4. The van der Waals surface area contributed by atoms with E-state index in [9.17, 15) is 14.0 Å². The SMILES string of the molecule is O=C(CCN1C(=O)CS[C@H]1c1cccc(F)c1)N1CCOCC1. The number of hydrogen-bond donors (Lipinski definition) is 0. The maximum absolute atomic E-state index is 13.4. The minimum Gasteiger partial charge on any atom is -0.378 e. The number of amides is 2. The van der Waals surface area contributed by atoms with Crippen LogP contribution >= 0.6 is 11.8 Å². The molecule has 0 N–H and O–H groups in total. The number of thioether (sulfide) groups is 1. The molecule has 1 aromatic rings. The van der Waals surface area contributed by atoms with Crippen LogP contribution in [0.15, 0.2) is 24.3 Å². The molecule has 2 fully saturated rings. The van der Waals surface area contributed by atoms with Crippen LogP contribution < -0.4 is 0 Å². The predicted molar refractivity (Wildman–Crippen MR) is 85.3 cm³/mol. The first-order valence-corrected chi connectivity index (χ1v) is 8.72. The maximum Gasteiger partial charge on any atom is 0.233 e. The summed E-state index contributed by atoms with van der Waals surface area (Å²) in [6.07, 6.45) is 0.290. The highest BCUT2D eigenvalue weighted by Crippen LogP contribution is 2.38. The number of halogens is 1. The second kappa shape index (κ2) is 7.31. The van der Waals surface area contributed by atoms with Gasteiger partial charge in [0.15, 0.2) is 0 Å². The number of carbonyl (C=O) groups is 2. The van der Waals surface area contributed by atoms with Gasteiger partial charge >= 0.3 is 0 Å². The van der Waals surface area contributed by atoms with Crippen LogP contribution in [0.25, 0.3) is 0 Å². The lowest BCUT2D eigenvalue weighted by Crippen LogP contribution is -2.42. The fourth-order valence-electron chi connectivity index (χ4n) is 2.82. The standard InChI is InChI=1S/C16H19FN2O3S/c17-13-3-1-2-12(10-13)16-19(15(21)11-23-16)5-4-14(20)18-6-8-22-9-7-18/h1-3,10,16H,4-9,11H2/t16-/m0/s1. The first-order chi connectivity index (χ1) is 11.1. The third-order valence-corrected chi connectivity index (χ3v) is 5.29. The van der Waals surface area contributed by atoms with Gasteiger partial charge in [0.25, 0.3) is 0 Å². The van der Waals surface area contributed by atoms with Crippen LogP contribution in [-0.4, -0.2) is 60.2 Å². The van der Waals surface area contributed by atoms with Crippen LogP contribution in [-0.2, 0) is 14.3 Å². The second-order valence-corrected chi connectivity index (χ2v) is 6.62. The van der Waals surface area contributed by atoms with E-state index in [1.807, 2.05) is 6.07 Å². The second-order valence-electron chi connectivity index (χ2n) is 5.55. The van der Waals surface area contributed by atoms with Crippen molar-refractivity contribution in [1.82, 2.24) is 9.80 Å². The van der Waals surface area contributed by atoms with Gasteiger partial charge in [0.1, 0.15) is 11.2 Å². The first-order valence-electron chi connectivity index (χ1n) is 7.67. The Morgan fingerprint density at radius 2 is 2.13 bits per heavy atom. The average molecular weight is 338 g/mol. The molecular weight excluding hydrogens is 319 g/mol. The number of nitrogens with zero attached hydrogens (tertiary/aromatic N) is 2. The van der Waals surface area contributed by atoms with Crippen molar-refractivity contribution in [3.63, 3.8) is 0 Å². The fraction of sp³-hybridized carbons (Fsp3) is 0.500. The molecule has 0 bridgehead atoms. The Kier molecular flexibility index (Phi) is 5.17. The molecule has 0 aliphatic carbocycles. The summed E-state index contributed by atoms with van der Waals surface area (Å²) in [5.74, 6) is 0.0919. The molecule has 2 heterocycles. The third-order valence-electron chi connectivity index (χ3n) is 4.03. The molecule has 0 unspecified atom stereocenters. The highest BCUT2D eigenvalue weighted by molar-refractivity contribution is 8.00. The number of ether oxygens (including phenoxy) is 1. The van der Waals surface area contributed by atoms with Crippen molar-refractivity contribution in [2.75, 3.05) is 38.6 Å². The van der Waals surface area contributed by atoms with Gasteiger partial charge in [0.05, 0.1) is 19.0 Å². The van der Waals surface area contributed by atoms with E-state index >= 15 is 0 Å². The van der Waals surface area contributed by atoms with E-state index in [2.05, 4.69) is 0 Å². The molecule has 1 aromatic carbocycles. The van der Waals surface area contributed by atoms with Gasteiger partial charge < -0.3 is 14.5 Å². The zero-order chi connectivity index (χ0) is 16.2. The molecule has 0 aromatic heterocycles. The maximum atomic E-state index is 13.4. The third kappa shape index (κ3) is 3.84. The summed E-state index contributed by atoms with van der Waals surface area (Å²) in [7, 11) is 0. The zero-order valence-electron chi connectivity index (χ0n) is 12.7. The summed E-state index contributed by atoms with van der Waals surface area (Å²) in [4.78, 5) is 27.8. The normalized spacial score (nSPS) is 21.8. The predicted octanol–water partition coefficient (Wildman–Crippen LogP) is 1.65. The first kappa shape index (κ1) is 16.3. The van der Waals surface area contributed by atoms with Crippen LogP contribution in [0.1, 0.15) is 17.4 Å². The van der Waals surface area contributed by atoms with Crippen molar-refractivity contribution in [3.05, 3.63) is 35.6 Å². The van der Waals surface area contributed by atoms with Crippen molar-refractivity contribution in [1.29, 1.82) is 0 Å². The Bertz CT molecular complexity index is 592. The van der Waals surface area contributed by atoms with Crippen molar-refractivity contribution < 1.29 is 18.7 Å². The number of carbonyl (C=O) groups excluding carboxylic acids is 2. The quantitative estimate of drug-likeness (QED) is 0.838. The molecule has 2 saturated heterocycles. The molecule has 2 aliphatic heterocycles. The average Bonchev–Trinajstić information content (AvgIpc) is 2.94. The molecule has 7 heteroatoms. The molecule has 23 heavy (non-hydrogen) atoms. The highest BCUT2D eigenvalue weighted by atomic mass is 32.2. The molecule has 124 valence electrons. The molecule has 1 atom stereocenters. The summed E-state index contributed by atoms with van der Waals surface area (Å²) < 4.78 is 18.7. The lowest BCUT2D eigenvalue weighted by atomic mass is 10.2. The van der Waals surface area contributed by atoms with Crippen molar-refractivity contribution in [3.8, 4) is 0 Å². The summed E-state index contributed by atoms with van der Waals surface area (Å²) in [6, 6.07) is 6.30. The van der Waals surface area contributed by atoms with Gasteiger partial charge in [-0.25, -0.2) is 4.39 Å². The van der Waals surface area contributed by atoms with E-state index in [0.717, 1.165) is 5.56 Å². The van der Waals surface area contributed by atoms with Gasteiger partial charge in [0, 0.05) is 26.1 Å². The summed E-state index contributed by atoms with van der Waals surface area (Å²) in [5.41, 5.74) is 0.764. The summed E-state index contributed by atoms with van der Waals surface area (Å²) in [5, 5.41) is -0.212. The monoisotopic (exact) mass is 338 g/mol. The summed E-state index contributed by atoms with van der Waals surface area (Å²) in [6.45, 7) is 2.71. The molecule has 0 radical (unpaired) electrons. The van der Waals surface area contributed by atoms with Gasteiger partial charge in [-0.2, -0.15) is 0 Å². The van der Waals surface area contributed by atoms with Crippen LogP contribution in [0.3, 0.4) is 0 Å². The molecular formula is C16H19FN2O3S. The fourth-order valence-corrected chi connectivity index (χ4v) is 4.03. The molecule has 3 rings (SSSR count). The van der Waals surface area contributed by atoms with E-state index in [1.54, 1.807) is 15.9 Å². The topological polar surface area (TPSA) is 49.9 Å². The molecule has 2 amide bonds. The minimum absolute atomic E-state index is 0.000890. The zero-order valence-corrected chi connectivity index (χ0v) is 13.6. The van der Waals surface area contributed by atoms with Gasteiger partial charge in [-0.05, 0) is 17.7 Å². The number of hydrogen-bond acceptors (Lipinski definition) is 4. The van der Waals surface area contributed by atoms with Gasteiger partial charge in [-0.1, -0.05) is 12.1 Å². The Morgan fingerprint density at radius 3 is 2.87 bits per heavy atom. The molecule has 0 saturated carbocycles. The minimum atomic E-state index is -0.313.